The second-order valence-electron chi connectivity index (χ2n) is 1.19. The Bertz CT molecular complexity index is 23.4. The van der Waals surface area contributed by atoms with E-state index >= 15 is 0 Å². The SMILES string of the molecule is [CH]CCOCC[CH]. The molecule has 0 spiro atoms. The van der Waals surface area contributed by atoms with Gasteiger partial charge in [0.05, 0.1) is 0 Å². The summed E-state index contributed by atoms with van der Waals surface area (Å²) >= 11 is 0. The van der Waals surface area contributed by atoms with Gasteiger partial charge in [-0.25, -0.2) is 0 Å². The summed E-state index contributed by atoms with van der Waals surface area (Å²) < 4.78 is 4.88. The minimum atomic E-state index is 0.583. The van der Waals surface area contributed by atoms with Crippen LogP contribution in [0.25, 0.3) is 0 Å². The van der Waals surface area contributed by atoms with E-state index in [0.717, 1.165) is 0 Å². The summed E-state index contributed by atoms with van der Waals surface area (Å²) in [4.78, 5) is 0. The zero-order chi connectivity index (χ0) is 5.54. The van der Waals surface area contributed by atoms with Crippen molar-refractivity contribution in [2.75, 3.05) is 13.2 Å². The average molecular weight is 98.1 g/mol. The normalized spacial score (nSPS) is 9.43. The highest BCUT2D eigenvalue weighted by Gasteiger charge is 1.78. The van der Waals surface area contributed by atoms with Crippen molar-refractivity contribution in [3.8, 4) is 0 Å². The van der Waals surface area contributed by atoms with Crippen molar-refractivity contribution in [1.82, 2.24) is 0 Å². The summed E-state index contributed by atoms with van der Waals surface area (Å²) in [5.74, 6) is 0. The van der Waals surface area contributed by atoms with Gasteiger partial charge in [0.1, 0.15) is 0 Å². The first-order chi connectivity index (χ1) is 3.41. The van der Waals surface area contributed by atoms with Gasteiger partial charge in [0.2, 0.25) is 0 Å². The van der Waals surface area contributed by atoms with E-state index in [0.29, 0.717) is 26.1 Å². The Morgan fingerprint density at radius 3 is 1.71 bits per heavy atom. The molecule has 0 unspecified atom stereocenters. The van der Waals surface area contributed by atoms with E-state index in [9.17, 15) is 0 Å². The fourth-order valence-corrected chi connectivity index (χ4v) is 0.269. The average Bonchev–Trinajstić information content (AvgIpc) is 1.69. The van der Waals surface area contributed by atoms with E-state index in [2.05, 4.69) is 0 Å². The Kier molecular flexibility index (Phi) is 5.93. The molecule has 1 heteroatoms. The smallest absolute Gasteiger partial charge is 0.0468 e. The first-order valence-corrected chi connectivity index (χ1v) is 2.39. The van der Waals surface area contributed by atoms with Gasteiger partial charge in [-0.05, 0) is 26.7 Å². The molecule has 0 saturated carbocycles. The van der Waals surface area contributed by atoms with E-state index in [4.69, 9.17) is 18.6 Å². The van der Waals surface area contributed by atoms with Crippen LogP contribution in [-0.2, 0) is 4.74 Å². The van der Waals surface area contributed by atoms with Gasteiger partial charge in [-0.2, -0.15) is 0 Å². The molecule has 0 rings (SSSR count). The Hall–Kier alpha value is -0.0400. The van der Waals surface area contributed by atoms with Gasteiger partial charge in [0.15, 0.2) is 0 Å². The molecular formula is C6H10O. The molecule has 40 valence electrons. The third-order valence-electron chi connectivity index (χ3n) is 0.524. The molecule has 0 aliphatic heterocycles. The van der Waals surface area contributed by atoms with Gasteiger partial charge >= 0.3 is 0 Å². The summed E-state index contributed by atoms with van der Waals surface area (Å²) in [6.07, 6.45) is 1.17. The number of ether oxygens (including phenoxy) is 1. The molecule has 0 aromatic rings. The lowest BCUT2D eigenvalue weighted by molar-refractivity contribution is 0.142. The van der Waals surface area contributed by atoms with Crippen LogP contribution in [-0.4, -0.2) is 13.2 Å². The molecule has 0 amide bonds. The van der Waals surface area contributed by atoms with Gasteiger partial charge in [0, 0.05) is 13.2 Å². The van der Waals surface area contributed by atoms with Crippen LogP contribution in [0.5, 0.6) is 0 Å². The Morgan fingerprint density at radius 2 is 1.43 bits per heavy atom. The maximum absolute atomic E-state index is 5.10. The van der Waals surface area contributed by atoms with Crippen molar-refractivity contribution in [3.05, 3.63) is 13.8 Å². The molecule has 0 aromatic heterocycles. The van der Waals surface area contributed by atoms with Gasteiger partial charge < -0.3 is 4.74 Å². The van der Waals surface area contributed by atoms with Crippen LogP contribution in [0.2, 0.25) is 0 Å². The molecule has 1 nitrogen and oxygen atoms in total. The van der Waals surface area contributed by atoms with Crippen LogP contribution in [0.15, 0.2) is 0 Å². The van der Waals surface area contributed by atoms with Gasteiger partial charge in [-0.3, -0.25) is 0 Å². The van der Waals surface area contributed by atoms with E-state index in [1.807, 2.05) is 0 Å². The van der Waals surface area contributed by atoms with Crippen molar-refractivity contribution < 1.29 is 4.74 Å². The van der Waals surface area contributed by atoms with Crippen LogP contribution < -0.4 is 0 Å². The number of hydrogen-bond acceptors (Lipinski definition) is 1. The lowest BCUT2D eigenvalue weighted by Gasteiger charge is -1.95. The second-order valence-corrected chi connectivity index (χ2v) is 1.19. The molecule has 0 saturated heterocycles. The molecule has 0 atom stereocenters. The standard InChI is InChI=1S/C6H10O/c1-3-5-7-6-4-2/h1-2H,3-6H2. The fraction of sp³-hybridized carbons (Fsp3) is 0.667. The Morgan fingerprint density at radius 1 is 1.00 bits per heavy atom. The summed E-state index contributed by atoms with van der Waals surface area (Å²) in [7, 11) is 0. The topological polar surface area (TPSA) is 9.23 Å². The van der Waals surface area contributed by atoms with Crippen molar-refractivity contribution in [2.24, 2.45) is 0 Å². The zero-order valence-electron chi connectivity index (χ0n) is 4.39. The minimum absolute atomic E-state index is 0.583. The highest BCUT2D eigenvalue weighted by Crippen LogP contribution is 1.80. The monoisotopic (exact) mass is 98.1 g/mol. The zero-order valence-corrected chi connectivity index (χ0v) is 4.39. The molecular weight excluding hydrogens is 88.1 g/mol. The Labute approximate surface area is 45.7 Å². The highest BCUT2D eigenvalue weighted by molar-refractivity contribution is 4.38. The van der Waals surface area contributed by atoms with Crippen LogP contribution in [0.4, 0.5) is 0 Å². The molecule has 0 bridgehead atoms. The second kappa shape index (κ2) is 5.96. The van der Waals surface area contributed by atoms with E-state index in [1.165, 1.54) is 0 Å². The van der Waals surface area contributed by atoms with E-state index in [-0.39, 0.29) is 0 Å². The predicted octanol–water partition coefficient (Wildman–Crippen LogP) is 1.21. The molecule has 0 aromatic carbocycles. The maximum Gasteiger partial charge on any atom is 0.0468 e. The molecule has 4 radical (unpaired) electrons. The number of rotatable bonds is 4. The lowest BCUT2D eigenvalue weighted by Crippen LogP contribution is -1.92. The molecule has 7 heavy (non-hydrogen) atoms. The third kappa shape index (κ3) is 5.96. The van der Waals surface area contributed by atoms with Gasteiger partial charge in [0.25, 0.3) is 0 Å². The first kappa shape index (κ1) is 6.96. The minimum Gasteiger partial charge on any atom is -0.381 e. The summed E-state index contributed by atoms with van der Waals surface area (Å²) in [5, 5.41) is 0. The molecule has 0 fully saturated rings. The van der Waals surface area contributed by atoms with Crippen LogP contribution in [0.3, 0.4) is 0 Å². The summed E-state index contributed by atoms with van der Waals surface area (Å²) in [6.45, 7) is 11.5. The maximum atomic E-state index is 5.10. The van der Waals surface area contributed by atoms with Crippen LogP contribution in [0, 0.1) is 13.8 Å². The predicted molar refractivity (Wildman–Crippen MR) is 28.7 cm³/mol. The van der Waals surface area contributed by atoms with Crippen molar-refractivity contribution in [3.63, 3.8) is 0 Å². The van der Waals surface area contributed by atoms with Crippen LogP contribution in [0.1, 0.15) is 12.8 Å². The molecule has 0 aliphatic carbocycles. The molecule has 0 aliphatic rings. The molecule has 0 N–H and O–H groups in total. The van der Waals surface area contributed by atoms with Gasteiger partial charge in [-0.15, -0.1) is 0 Å². The Balaban J connectivity index is 2.45. The largest absolute Gasteiger partial charge is 0.381 e. The van der Waals surface area contributed by atoms with E-state index in [1.54, 1.807) is 0 Å². The summed E-state index contributed by atoms with van der Waals surface area (Å²) in [6, 6.07) is 0. The third-order valence-corrected chi connectivity index (χ3v) is 0.524. The van der Waals surface area contributed by atoms with Crippen LogP contribution >= 0.6 is 0 Å². The van der Waals surface area contributed by atoms with Crippen molar-refractivity contribution in [2.45, 2.75) is 12.8 Å². The van der Waals surface area contributed by atoms with Crippen molar-refractivity contribution in [1.29, 1.82) is 0 Å². The molecule has 0 heterocycles. The first-order valence-electron chi connectivity index (χ1n) is 2.39. The lowest BCUT2D eigenvalue weighted by atomic mass is 10.5. The van der Waals surface area contributed by atoms with Gasteiger partial charge in [-0.1, -0.05) is 0 Å². The number of hydrogen-bond donors (Lipinski definition) is 0. The van der Waals surface area contributed by atoms with E-state index < -0.39 is 0 Å². The summed E-state index contributed by atoms with van der Waals surface area (Å²) in [5.41, 5.74) is 0. The quantitative estimate of drug-likeness (QED) is 0.480. The fourth-order valence-electron chi connectivity index (χ4n) is 0.269. The van der Waals surface area contributed by atoms with Crippen molar-refractivity contribution >= 4 is 0 Å². The highest BCUT2D eigenvalue weighted by atomic mass is 16.5.